The lowest BCUT2D eigenvalue weighted by Gasteiger charge is -2.34. The van der Waals surface area contributed by atoms with E-state index in [1.54, 1.807) is 23.8 Å². The van der Waals surface area contributed by atoms with Crippen LogP contribution >= 0.6 is 0 Å². The van der Waals surface area contributed by atoms with E-state index in [-0.39, 0.29) is 18.3 Å². The van der Waals surface area contributed by atoms with Crippen molar-refractivity contribution in [2.75, 3.05) is 18.5 Å². The van der Waals surface area contributed by atoms with Gasteiger partial charge in [-0.15, -0.1) is 0 Å². The molecule has 1 aliphatic heterocycles. The zero-order chi connectivity index (χ0) is 18.0. The van der Waals surface area contributed by atoms with Crippen LogP contribution in [0, 0.1) is 0 Å². The first-order valence-corrected chi connectivity index (χ1v) is 8.38. The summed E-state index contributed by atoms with van der Waals surface area (Å²) in [5.41, 5.74) is 2.12. The van der Waals surface area contributed by atoms with E-state index in [4.69, 9.17) is 0 Å². The number of nitrogens with zero attached hydrogens (tertiary/aromatic N) is 4. The third kappa shape index (κ3) is 3.56. The molecule has 25 heavy (non-hydrogen) atoms. The van der Waals surface area contributed by atoms with Crippen molar-refractivity contribution in [1.82, 2.24) is 14.5 Å². The molecule has 0 radical (unpaired) electrons. The third-order valence-corrected chi connectivity index (χ3v) is 4.74. The number of hydrogen-bond donors (Lipinski definition) is 0. The van der Waals surface area contributed by atoms with E-state index >= 15 is 0 Å². The molecule has 1 amide bonds. The normalized spacial score (nSPS) is 15.5. The molecule has 3 rings (SSSR count). The third-order valence-electron chi connectivity index (χ3n) is 4.74. The van der Waals surface area contributed by atoms with Crippen LogP contribution in [0.25, 0.3) is 0 Å². The number of halogens is 2. The molecule has 2 aromatic rings. The lowest BCUT2D eigenvalue weighted by molar-refractivity contribution is -0.123. The summed E-state index contributed by atoms with van der Waals surface area (Å²) in [6.07, 6.45) is 4.49. The van der Waals surface area contributed by atoms with Gasteiger partial charge in [-0.1, -0.05) is 18.2 Å². The SMILES string of the molecule is C[C@H](C(=O)N1CCCc2ccccc21)N(C)Cc1nccn1C(F)F. The molecule has 0 N–H and O–H groups in total. The number of amides is 1. The maximum atomic E-state index is 13.0. The zero-order valence-electron chi connectivity index (χ0n) is 14.4. The molecule has 1 aliphatic rings. The molecule has 0 aliphatic carbocycles. The number of imidazole rings is 1. The second kappa shape index (κ2) is 7.31. The van der Waals surface area contributed by atoms with Crippen LogP contribution < -0.4 is 4.90 Å². The second-order valence-electron chi connectivity index (χ2n) is 6.34. The van der Waals surface area contributed by atoms with E-state index in [9.17, 15) is 13.6 Å². The van der Waals surface area contributed by atoms with Crippen LogP contribution in [0.3, 0.4) is 0 Å². The molecule has 7 heteroatoms. The number of alkyl halides is 2. The molecular weight excluding hydrogens is 326 g/mol. The Bertz CT molecular complexity index is 746. The van der Waals surface area contributed by atoms with Crippen molar-refractivity contribution in [1.29, 1.82) is 0 Å². The van der Waals surface area contributed by atoms with Gasteiger partial charge in [0.1, 0.15) is 5.82 Å². The van der Waals surface area contributed by atoms with Gasteiger partial charge < -0.3 is 4.90 Å². The number of anilines is 1. The number of benzene rings is 1. The number of carbonyl (C=O) groups excluding carboxylic acids is 1. The van der Waals surface area contributed by atoms with Gasteiger partial charge in [0, 0.05) is 24.6 Å². The predicted molar refractivity (Wildman–Crippen MR) is 91.5 cm³/mol. The van der Waals surface area contributed by atoms with Crippen LogP contribution in [0.15, 0.2) is 36.7 Å². The number of likely N-dealkylation sites (N-methyl/N-ethyl adjacent to an activating group) is 1. The number of fused-ring (bicyclic) bond motifs is 1. The van der Waals surface area contributed by atoms with Crippen molar-refractivity contribution in [3.05, 3.63) is 48.0 Å². The average molecular weight is 348 g/mol. The summed E-state index contributed by atoms with van der Waals surface area (Å²) < 4.78 is 26.7. The van der Waals surface area contributed by atoms with Gasteiger partial charge in [-0.3, -0.25) is 14.3 Å². The van der Waals surface area contributed by atoms with Crippen LogP contribution in [0.2, 0.25) is 0 Å². The quantitative estimate of drug-likeness (QED) is 0.834. The Balaban J connectivity index is 1.73. The van der Waals surface area contributed by atoms with Gasteiger partial charge in [-0.25, -0.2) is 4.98 Å². The first-order chi connectivity index (χ1) is 12.0. The van der Waals surface area contributed by atoms with E-state index in [0.29, 0.717) is 6.54 Å². The minimum atomic E-state index is -2.63. The smallest absolute Gasteiger partial charge is 0.311 e. The second-order valence-corrected chi connectivity index (χ2v) is 6.34. The summed E-state index contributed by atoms with van der Waals surface area (Å²) in [6, 6.07) is 7.48. The number of carbonyl (C=O) groups is 1. The molecule has 2 heterocycles. The maximum absolute atomic E-state index is 13.0. The van der Waals surface area contributed by atoms with E-state index in [2.05, 4.69) is 4.98 Å². The number of hydrogen-bond acceptors (Lipinski definition) is 3. The summed E-state index contributed by atoms with van der Waals surface area (Å²) in [4.78, 5) is 20.5. The number of para-hydroxylation sites is 1. The maximum Gasteiger partial charge on any atom is 0.319 e. The summed E-state index contributed by atoms with van der Waals surface area (Å²) >= 11 is 0. The van der Waals surface area contributed by atoms with Crippen molar-refractivity contribution in [3.8, 4) is 0 Å². The van der Waals surface area contributed by atoms with E-state index < -0.39 is 12.6 Å². The van der Waals surface area contributed by atoms with Crippen LogP contribution in [0.5, 0.6) is 0 Å². The number of aryl methyl sites for hydroxylation is 1. The minimum absolute atomic E-state index is 0.0233. The van der Waals surface area contributed by atoms with E-state index in [1.165, 1.54) is 18.0 Å². The van der Waals surface area contributed by atoms with Crippen molar-refractivity contribution in [2.24, 2.45) is 0 Å². The molecule has 0 fully saturated rings. The van der Waals surface area contributed by atoms with Gasteiger partial charge in [0.05, 0.1) is 12.6 Å². The molecule has 1 aromatic heterocycles. The van der Waals surface area contributed by atoms with Gasteiger partial charge in [-0.2, -0.15) is 8.78 Å². The monoisotopic (exact) mass is 348 g/mol. The molecular formula is C18H22F2N4O. The molecule has 0 spiro atoms. The molecule has 1 aromatic carbocycles. The van der Waals surface area contributed by atoms with Gasteiger partial charge >= 0.3 is 6.55 Å². The number of aromatic nitrogens is 2. The lowest BCUT2D eigenvalue weighted by Crippen LogP contribution is -2.47. The first kappa shape index (κ1) is 17.5. The van der Waals surface area contributed by atoms with Gasteiger partial charge in [0.2, 0.25) is 5.91 Å². The molecule has 0 saturated heterocycles. The summed E-state index contributed by atoms with van der Waals surface area (Å²) in [5.74, 6) is 0.223. The molecule has 0 unspecified atom stereocenters. The van der Waals surface area contributed by atoms with Crippen LogP contribution in [-0.2, 0) is 17.8 Å². The van der Waals surface area contributed by atoms with E-state index in [1.807, 2.05) is 24.3 Å². The molecule has 0 saturated carbocycles. The topological polar surface area (TPSA) is 41.4 Å². The van der Waals surface area contributed by atoms with Gasteiger partial charge in [-0.05, 0) is 38.4 Å². The van der Waals surface area contributed by atoms with Gasteiger partial charge in [0.25, 0.3) is 0 Å². The average Bonchev–Trinajstić information content (AvgIpc) is 3.08. The number of rotatable bonds is 5. The molecule has 5 nitrogen and oxygen atoms in total. The Hall–Kier alpha value is -2.28. The summed E-state index contributed by atoms with van der Waals surface area (Å²) in [7, 11) is 1.75. The zero-order valence-corrected chi connectivity index (χ0v) is 14.4. The minimum Gasteiger partial charge on any atom is -0.311 e. The van der Waals surface area contributed by atoms with Crippen LogP contribution in [0.1, 0.15) is 31.3 Å². The fourth-order valence-corrected chi connectivity index (χ4v) is 3.18. The lowest BCUT2D eigenvalue weighted by atomic mass is 10.0. The molecule has 0 bridgehead atoms. The van der Waals surface area contributed by atoms with Crippen molar-refractivity contribution in [3.63, 3.8) is 0 Å². The van der Waals surface area contributed by atoms with Crippen molar-refractivity contribution < 1.29 is 13.6 Å². The van der Waals surface area contributed by atoms with E-state index in [0.717, 1.165) is 23.1 Å². The Morgan fingerprint density at radius 1 is 1.36 bits per heavy atom. The van der Waals surface area contributed by atoms with Gasteiger partial charge in [0.15, 0.2) is 0 Å². The summed E-state index contributed by atoms with van der Waals surface area (Å²) in [6.45, 7) is 0.0279. The fourth-order valence-electron chi connectivity index (χ4n) is 3.18. The molecule has 134 valence electrons. The predicted octanol–water partition coefficient (Wildman–Crippen LogP) is 3.08. The highest BCUT2D eigenvalue weighted by molar-refractivity contribution is 5.97. The standard InChI is InChI=1S/C18H22F2N4O/c1-13(22(2)12-16-21-9-11-24(16)18(19)20)17(25)23-10-5-7-14-6-3-4-8-15(14)23/h3-4,6,8-9,11,13,18H,5,7,10,12H2,1-2H3/t13-/m1/s1. The Kier molecular flexibility index (Phi) is 5.13. The highest BCUT2D eigenvalue weighted by Crippen LogP contribution is 2.27. The first-order valence-electron chi connectivity index (χ1n) is 8.38. The Labute approximate surface area is 145 Å². The van der Waals surface area contributed by atoms with Crippen molar-refractivity contribution >= 4 is 11.6 Å². The van der Waals surface area contributed by atoms with Crippen molar-refractivity contribution in [2.45, 2.75) is 38.9 Å². The largest absolute Gasteiger partial charge is 0.319 e. The fraction of sp³-hybridized carbons (Fsp3) is 0.444. The summed E-state index contributed by atoms with van der Waals surface area (Å²) in [5, 5.41) is 0. The van der Waals surface area contributed by atoms with Crippen LogP contribution in [-0.4, -0.2) is 40.0 Å². The molecule has 1 atom stereocenters. The van der Waals surface area contributed by atoms with Crippen LogP contribution in [0.4, 0.5) is 14.5 Å². The highest BCUT2D eigenvalue weighted by atomic mass is 19.3. The Morgan fingerprint density at radius 2 is 2.12 bits per heavy atom. The highest BCUT2D eigenvalue weighted by Gasteiger charge is 2.29. The Morgan fingerprint density at radius 3 is 2.88 bits per heavy atom.